The summed E-state index contributed by atoms with van der Waals surface area (Å²) in [7, 11) is 0. The third-order valence-electron chi connectivity index (χ3n) is 2.03. The summed E-state index contributed by atoms with van der Waals surface area (Å²) in [5.74, 6) is 0.294. The number of amides is 1. The summed E-state index contributed by atoms with van der Waals surface area (Å²) >= 11 is 2.09. The largest absolute Gasteiger partial charge is 0.383 e. The molecule has 16 heavy (non-hydrogen) atoms. The van der Waals surface area contributed by atoms with Crippen LogP contribution in [0.5, 0.6) is 0 Å². The molecule has 0 aliphatic heterocycles. The minimum absolute atomic E-state index is 0.108. The lowest BCUT2D eigenvalue weighted by Gasteiger charge is -2.21. The van der Waals surface area contributed by atoms with Crippen molar-refractivity contribution in [2.24, 2.45) is 0 Å². The van der Waals surface area contributed by atoms with Gasteiger partial charge in [0.25, 0.3) is 5.91 Å². The molecule has 1 aromatic heterocycles. The number of hydrogen-bond donors (Lipinski definition) is 2. The summed E-state index contributed by atoms with van der Waals surface area (Å²) < 4.78 is 0.811. The standard InChI is InChI=1S/C11H16IN3O/c1-6-8(7(12)5-14-9(6)13)10(16)15-11(2,3)4/h5H,1-4H3,(H2,13,14)(H,15,16). The number of hydrogen-bond acceptors (Lipinski definition) is 3. The molecule has 5 heteroatoms. The van der Waals surface area contributed by atoms with E-state index in [9.17, 15) is 4.79 Å². The van der Waals surface area contributed by atoms with Gasteiger partial charge in [0.1, 0.15) is 5.82 Å². The molecule has 1 aromatic rings. The van der Waals surface area contributed by atoms with Gasteiger partial charge in [-0.05, 0) is 50.3 Å². The number of nitrogens with one attached hydrogen (secondary N) is 1. The third-order valence-corrected chi connectivity index (χ3v) is 2.85. The first kappa shape index (κ1) is 13.2. The fourth-order valence-electron chi connectivity index (χ4n) is 1.28. The molecule has 0 unspecified atom stereocenters. The van der Waals surface area contributed by atoms with Crippen LogP contribution in [-0.4, -0.2) is 16.4 Å². The van der Waals surface area contributed by atoms with Crippen LogP contribution in [-0.2, 0) is 0 Å². The zero-order valence-corrected chi connectivity index (χ0v) is 12.0. The van der Waals surface area contributed by atoms with Gasteiger partial charge in [-0.1, -0.05) is 0 Å². The highest BCUT2D eigenvalue weighted by Crippen LogP contribution is 2.20. The molecule has 0 spiro atoms. The van der Waals surface area contributed by atoms with Gasteiger partial charge in [-0.2, -0.15) is 0 Å². The van der Waals surface area contributed by atoms with Crippen LogP contribution < -0.4 is 11.1 Å². The number of nitrogens with two attached hydrogens (primary N) is 1. The van der Waals surface area contributed by atoms with Crippen molar-refractivity contribution in [3.8, 4) is 0 Å². The fraction of sp³-hybridized carbons (Fsp3) is 0.455. The van der Waals surface area contributed by atoms with Crippen LogP contribution in [0.4, 0.5) is 5.82 Å². The Kier molecular flexibility index (Phi) is 3.77. The number of carbonyl (C=O) groups excluding carboxylic acids is 1. The van der Waals surface area contributed by atoms with Crippen LogP contribution in [0.1, 0.15) is 36.7 Å². The molecule has 0 aliphatic carbocycles. The SMILES string of the molecule is Cc1c(N)ncc(I)c1C(=O)NC(C)(C)C. The number of nitrogen functional groups attached to an aromatic ring is 1. The fourth-order valence-corrected chi connectivity index (χ4v) is 2.07. The van der Waals surface area contributed by atoms with Gasteiger partial charge in [-0.3, -0.25) is 4.79 Å². The minimum atomic E-state index is -0.259. The Morgan fingerprint density at radius 1 is 1.50 bits per heavy atom. The molecule has 3 N–H and O–H groups in total. The number of carbonyl (C=O) groups is 1. The number of pyridine rings is 1. The Balaban J connectivity index is 3.14. The van der Waals surface area contributed by atoms with Crippen molar-refractivity contribution < 1.29 is 4.79 Å². The zero-order valence-electron chi connectivity index (χ0n) is 9.89. The van der Waals surface area contributed by atoms with Crippen molar-refractivity contribution in [2.45, 2.75) is 33.2 Å². The minimum Gasteiger partial charge on any atom is -0.383 e. The summed E-state index contributed by atoms with van der Waals surface area (Å²) in [6.07, 6.45) is 1.61. The number of aromatic nitrogens is 1. The Morgan fingerprint density at radius 3 is 2.56 bits per heavy atom. The molecule has 0 fully saturated rings. The van der Waals surface area contributed by atoms with Crippen molar-refractivity contribution in [1.82, 2.24) is 10.3 Å². The van der Waals surface area contributed by atoms with Crippen molar-refractivity contribution in [2.75, 3.05) is 5.73 Å². The summed E-state index contributed by atoms with van der Waals surface area (Å²) in [5, 5.41) is 2.92. The number of anilines is 1. The highest BCUT2D eigenvalue weighted by atomic mass is 127. The predicted molar refractivity (Wildman–Crippen MR) is 73.3 cm³/mol. The summed E-state index contributed by atoms with van der Waals surface area (Å²) in [6.45, 7) is 7.63. The van der Waals surface area contributed by atoms with Crippen molar-refractivity contribution in [3.05, 3.63) is 20.9 Å². The normalized spacial score (nSPS) is 11.3. The average molecular weight is 333 g/mol. The van der Waals surface area contributed by atoms with Gasteiger partial charge in [0.05, 0.1) is 5.56 Å². The van der Waals surface area contributed by atoms with Crippen LogP contribution in [0, 0.1) is 10.5 Å². The first-order valence-corrected chi connectivity index (χ1v) is 6.03. The van der Waals surface area contributed by atoms with Gasteiger partial charge in [-0.15, -0.1) is 0 Å². The monoisotopic (exact) mass is 333 g/mol. The molecule has 0 radical (unpaired) electrons. The molecule has 1 amide bonds. The van der Waals surface area contributed by atoms with Crippen LogP contribution >= 0.6 is 22.6 Å². The molecule has 0 saturated carbocycles. The first-order valence-electron chi connectivity index (χ1n) is 4.95. The van der Waals surface area contributed by atoms with E-state index in [4.69, 9.17) is 5.73 Å². The lowest BCUT2D eigenvalue weighted by molar-refractivity contribution is 0.0918. The van der Waals surface area contributed by atoms with E-state index in [-0.39, 0.29) is 11.4 Å². The second-order valence-corrected chi connectivity index (χ2v) is 5.86. The van der Waals surface area contributed by atoms with E-state index in [0.29, 0.717) is 11.4 Å². The van der Waals surface area contributed by atoms with Crippen LogP contribution in [0.15, 0.2) is 6.20 Å². The first-order chi connectivity index (χ1) is 7.22. The topological polar surface area (TPSA) is 68.0 Å². The number of rotatable bonds is 1. The molecule has 0 aromatic carbocycles. The molecular formula is C11H16IN3O. The van der Waals surface area contributed by atoms with E-state index in [1.165, 1.54) is 0 Å². The van der Waals surface area contributed by atoms with Gasteiger partial charge < -0.3 is 11.1 Å². The Morgan fingerprint density at radius 2 is 2.06 bits per heavy atom. The van der Waals surface area contributed by atoms with Gasteiger partial charge in [0, 0.05) is 20.9 Å². The molecule has 0 aliphatic rings. The Hall–Kier alpha value is -0.850. The van der Waals surface area contributed by atoms with E-state index in [1.807, 2.05) is 27.7 Å². The second-order valence-electron chi connectivity index (χ2n) is 4.70. The lowest BCUT2D eigenvalue weighted by Crippen LogP contribution is -2.41. The number of halogens is 1. The number of nitrogens with zero attached hydrogens (tertiary/aromatic N) is 1. The molecule has 0 saturated heterocycles. The van der Waals surface area contributed by atoms with Crippen LogP contribution in [0.3, 0.4) is 0 Å². The predicted octanol–water partition coefficient (Wildman–Crippen LogP) is 2.11. The van der Waals surface area contributed by atoms with E-state index in [0.717, 1.165) is 9.13 Å². The summed E-state index contributed by atoms with van der Waals surface area (Å²) in [4.78, 5) is 16.1. The van der Waals surface area contributed by atoms with Crippen molar-refractivity contribution in [3.63, 3.8) is 0 Å². The molecule has 88 valence electrons. The molecule has 1 rings (SSSR count). The highest BCUT2D eigenvalue weighted by molar-refractivity contribution is 14.1. The third kappa shape index (κ3) is 3.07. The summed E-state index contributed by atoms with van der Waals surface area (Å²) in [6, 6.07) is 0. The Bertz CT molecular complexity index is 424. The van der Waals surface area contributed by atoms with Gasteiger partial charge in [-0.25, -0.2) is 4.98 Å². The molecule has 0 bridgehead atoms. The van der Waals surface area contributed by atoms with Gasteiger partial charge >= 0.3 is 0 Å². The zero-order chi connectivity index (χ0) is 12.5. The highest BCUT2D eigenvalue weighted by Gasteiger charge is 2.20. The van der Waals surface area contributed by atoms with Crippen LogP contribution in [0.2, 0.25) is 0 Å². The Labute approximate surface area is 109 Å². The maximum absolute atomic E-state index is 12.1. The average Bonchev–Trinajstić information content (AvgIpc) is 2.09. The van der Waals surface area contributed by atoms with Gasteiger partial charge in [0.15, 0.2) is 0 Å². The van der Waals surface area contributed by atoms with E-state index in [1.54, 1.807) is 6.20 Å². The van der Waals surface area contributed by atoms with Crippen LogP contribution in [0.25, 0.3) is 0 Å². The molecule has 4 nitrogen and oxygen atoms in total. The van der Waals surface area contributed by atoms with Crippen molar-refractivity contribution in [1.29, 1.82) is 0 Å². The quantitative estimate of drug-likeness (QED) is 0.774. The maximum Gasteiger partial charge on any atom is 0.253 e. The van der Waals surface area contributed by atoms with Crippen molar-refractivity contribution >= 4 is 34.3 Å². The van der Waals surface area contributed by atoms with E-state index in [2.05, 4.69) is 32.9 Å². The molecule has 0 atom stereocenters. The molecular weight excluding hydrogens is 317 g/mol. The van der Waals surface area contributed by atoms with Gasteiger partial charge in [0.2, 0.25) is 0 Å². The molecule has 1 heterocycles. The lowest BCUT2D eigenvalue weighted by atomic mass is 10.1. The second kappa shape index (κ2) is 4.57. The van der Waals surface area contributed by atoms with E-state index >= 15 is 0 Å². The van der Waals surface area contributed by atoms with E-state index < -0.39 is 0 Å². The summed E-state index contributed by atoms with van der Waals surface area (Å²) in [5.41, 5.74) is 6.78. The smallest absolute Gasteiger partial charge is 0.253 e. The maximum atomic E-state index is 12.1.